The molecule has 1 aromatic rings. The van der Waals surface area contributed by atoms with Crippen molar-refractivity contribution in [3.8, 4) is 0 Å². The average molecular weight is 323 g/mol. The lowest BCUT2D eigenvalue weighted by molar-refractivity contribution is -0.140. The van der Waals surface area contributed by atoms with Gasteiger partial charge in [-0.25, -0.2) is 13.0 Å². The second kappa shape index (κ2) is 6.02. The Morgan fingerprint density at radius 2 is 1.80 bits per heavy atom. The zero-order valence-corrected chi connectivity index (χ0v) is 12.2. The van der Waals surface area contributed by atoms with Gasteiger partial charge in [0.1, 0.15) is 6.04 Å². The molecular formula is C10H14NO7PS. The highest BCUT2D eigenvalue weighted by molar-refractivity contribution is 7.93. The first-order chi connectivity index (χ1) is 9.03. The third-order valence-electron chi connectivity index (χ3n) is 2.42. The maximum atomic E-state index is 11.5. The summed E-state index contributed by atoms with van der Waals surface area (Å²) < 4.78 is 34.0. The molecule has 0 saturated carbocycles. The Bertz CT molecular complexity index is 624. The van der Waals surface area contributed by atoms with Crippen molar-refractivity contribution in [3.63, 3.8) is 0 Å². The van der Waals surface area contributed by atoms with E-state index in [1.807, 2.05) is 0 Å². The van der Waals surface area contributed by atoms with E-state index in [1.54, 1.807) is 18.2 Å². The van der Waals surface area contributed by atoms with E-state index in [9.17, 15) is 17.8 Å². The Labute approximate surface area is 115 Å². The minimum absolute atomic E-state index is 0.269. The monoisotopic (exact) mass is 323 g/mol. The summed E-state index contributed by atoms with van der Waals surface area (Å²) in [6.45, 7) is 0. The number of nitrogens with zero attached hydrogens (tertiary/aromatic N) is 1. The molecule has 1 rings (SSSR count). The van der Waals surface area contributed by atoms with Crippen LogP contribution in [0.1, 0.15) is 5.56 Å². The van der Waals surface area contributed by atoms with E-state index in [-0.39, 0.29) is 10.5 Å². The number of aliphatic carboxylic acids is 1. The molecule has 112 valence electrons. The van der Waals surface area contributed by atoms with Crippen molar-refractivity contribution < 1.29 is 32.7 Å². The smallest absolute Gasteiger partial charge is 0.417 e. The number of carboxylic acid groups (broad SMARTS) is 1. The summed E-state index contributed by atoms with van der Waals surface area (Å²) in [6, 6.07) is 6.09. The number of rotatable bonds is 6. The molecule has 0 aliphatic rings. The predicted molar refractivity (Wildman–Crippen MR) is 70.3 cm³/mol. The van der Waals surface area contributed by atoms with Gasteiger partial charge in [-0.05, 0) is 5.56 Å². The summed E-state index contributed by atoms with van der Waals surface area (Å²) in [5, 5.41) is 9.08. The van der Waals surface area contributed by atoms with E-state index in [1.165, 1.54) is 12.1 Å². The molecule has 0 radical (unpaired) electrons. The Balaban J connectivity index is 3.24. The highest BCUT2D eigenvalue weighted by Crippen LogP contribution is 2.44. The van der Waals surface area contributed by atoms with Crippen molar-refractivity contribution in [2.45, 2.75) is 12.5 Å². The fraction of sp³-hybridized carbons (Fsp3) is 0.300. The maximum Gasteiger partial charge on any atom is 0.417 e. The maximum absolute atomic E-state index is 11.5. The molecule has 0 aromatic heterocycles. The summed E-state index contributed by atoms with van der Waals surface area (Å²) in [4.78, 5) is 29.4. The van der Waals surface area contributed by atoms with E-state index in [0.29, 0.717) is 11.8 Å². The fourth-order valence-electron chi connectivity index (χ4n) is 1.70. The summed E-state index contributed by atoms with van der Waals surface area (Å²) in [6.07, 6.45) is 0.196. The lowest BCUT2D eigenvalue weighted by Crippen LogP contribution is -2.43. The van der Waals surface area contributed by atoms with Crippen LogP contribution >= 0.6 is 7.75 Å². The van der Waals surface area contributed by atoms with Gasteiger partial charge in [-0.1, -0.05) is 34.4 Å². The number of hydrogen-bond donors (Lipinski definition) is 3. The predicted octanol–water partition coefficient (Wildman–Crippen LogP) is 0.0366. The zero-order valence-electron chi connectivity index (χ0n) is 10.4. The van der Waals surface area contributed by atoms with Gasteiger partial charge in [0.15, 0.2) is 0 Å². The number of carboxylic acids is 1. The van der Waals surface area contributed by atoms with Gasteiger partial charge in [0.2, 0.25) is 10.0 Å². The molecule has 20 heavy (non-hydrogen) atoms. The Hall–Kier alpha value is -1.25. The van der Waals surface area contributed by atoms with Crippen LogP contribution in [0.15, 0.2) is 30.3 Å². The fourth-order valence-corrected chi connectivity index (χ4v) is 4.42. The second-order valence-electron chi connectivity index (χ2n) is 4.09. The molecule has 8 nitrogen and oxygen atoms in total. The topological polar surface area (TPSA) is 132 Å². The van der Waals surface area contributed by atoms with Crippen LogP contribution in [0.3, 0.4) is 0 Å². The molecule has 0 heterocycles. The normalized spacial score (nSPS) is 14.2. The van der Waals surface area contributed by atoms with E-state index >= 15 is 0 Å². The van der Waals surface area contributed by atoms with Crippen LogP contribution in [-0.4, -0.2) is 45.7 Å². The molecule has 0 spiro atoms. The van der Waals surface area contributed by atoms with Gasteiger partial charge in [-0.3, -0.25) is 4.79 Å². The van der Waals surface area contributed by atoms with Gasteiger partial charge >= 0.3 is 13.7 Å². The van der Waals surface area contributed by atoms with Crippen LogP contribution in [0.5, 0.6) is 0 Å². The van der Waals surface area contributed by atoms with Crippen LogP contribution in [0.4, 0.5) is 0 Å². The lowest BCUT2D eigenvalue weighted by Gasteiger charge is -2.26. The summed E-state index contributed by atoms with van der Waals surface area (Å²) in [5.41, 5.74) is 0.446. The molecule has 1 aromatic carbocycles. The average Bonchev–Trinajstić information content (AvgIpc) is 2.25. The van der Waals surface area contributed by atoms with E-state index < -0.39 is 29.8 Å². The Morgan fingerprint density at radius 3 is 2.15 bits per heavy atom. The molecule has 10 heteroatoms. The van der Waals surface area contributed by atoms with Crippen molar-refractivity contribution in [2.24, 2.45) is 0 Å². The van der Waals surface area contributed by atoms with Crippen LogP contribution in [0.25, 0.3) is 0 Å². The van der Waals surface area contributed by atoms with Gasteiger partial charge in [-0.2, -0.15) is 0 Å². The van der Waals surface area contributed by atoms with E-state index in [2.05, 4.69) is 0 Å². The molecule has 0 aliphatic heterocycles. The SMILES string of the molecule is CS(=O)(=O)N([C@@H](Cc1ccccc1)C(=O)O)P(=O)(O)O. The molecule has 0 saturated heterocycles. The second-order valence-corrected chi connectivity index (χ2v) is 7.68. The minimum Gasteiger partial charge on any atom is -0.480 e. The van der Waals surface area contributed by atoms with Crippen LogP contribution in [-0.2, 0) is 25.8 Å². The molecule has 0 unspecified atom stereocenters. The molecule has 3 N–H and O–H groups in total. The zero-order chi connectivity index (χ0) is 15.6. The van der Waals surface area contributed by atoms with Gasteiger partial charge in [0.05, 0.1) is 6.26 Å². The summed E-state index contributed by atoms with van der Waals surface area (Å²) >= 11 is 0. The number of carbonyl (C=O) groups is 1. The molecular weight excluding hydrogens is 309 g/mol. The van der Waals surface area contributed by atoms with Crippen molar-refractivity contribution in [2.75, 3.05) is 6.26 Å². The number of sulfonamides is 1. The van der Waals surface area contributed by atoms with Gasteiger partial charge in [0, 0.05) is 6.42 Å². The van der Waals surface area contributed by atoms with Gasteiger partial charge < -0.3 is 14.9 Å². The van der Waals surface area contributed by atoms with Crippen molar-refractivity contribution in [1.82, 2.24) is 4.08 Å². The van der Waals surface area contributed by atoms with Crippen LogP contribution in [0.2, 0.25) is 0 Å². The molecule has 0 aliphatic carbocycles. The first kappa shape index (κ1) is 16.8. The van der Waals surface area contributed by atoms with Crippen molar-refractivity contribution in [3.05, 3.63) is 35.9 Å². The molecule has 0 bridgehead atoms. The van der Waals surface area contributed by atoms with Crippen molar-refractivity contribution >= 4 is 23.7 Å². The summed E-state index contributed by atoms with van der Waals surface area (Å²) in [7, 11) is -9.68. The largest absolute Gasteiger partial charge is 0.480 e. The highest BCUT2D eigenvalue weighted by atomic mass is 32.2. The third-order valence-corrected chi connectivity index (χ3v) is 5.67. The minimum atomic E-state index is -5.28. The van der Waals surface area contributed by atoms with Gasteiger partial charge in [0.25, 0.3) is 0 Å². The molecule has 0 fully saturated rings. The highest BCUT2D eigenvalue weighted by Gasteiger charge is 2.44. The summed E-state index contributed by atoms with van der Waals surface area (Å²) in [5.74, 6) is -1.64. The van der Waals surface area contributed by atoms with E-state index in [0.717, 1.165) is 0 Å². The quantitative estimate of drug-likeness (QED) is 0.629. The first-order valence-electron chi connectivity index (χ1n) is 5.35. The van der Waals surface area contributed by atoms with Gasteiger partial charge in [-0.15, -0.1) is 0 Å². The van der Waals surface area contributed by atoms with E-state index in [4.69, 9.17) is 14.9 Å². The number of hydrogen-bond acceptors (Lipinski definition) is 4. The van der Waals surface area contributed by atoms with Crippen LogP contribution < -0.4 is 0 Å². The standard InChI is InChI=1S/C10H14NO7PS/c1-20(17,18)11(19(14,15)16)9(10(12)13)7-8-5-3-2-4-6-8/h2-6,9H,7H2,1H3,(H,12,13)(H2,14,15,16)/t9-/m0/s1. The first-order valence-corrected chi connectivity index (χ1v) is 8.77. The molecule has 1 atom stereocenters. The Kier molecular flexibility index (Phi) is 5.06. The van der Waals surface area contributed by atoms with Crippen LogP contribution in [0, 0.1) is 0 Å². The molecule has 0 amide bonds. The third kappa shape index (κ3) is 4.39. The Morgan fingerprint density at radius 1 is 1.30 bits per heavy atom. The lowest BCUT2D eigenvalue weighted by atomic mass is 10.1. The number of benzene rings is 1. The van der Waals surface area contributed by atoms with Crippen molar-refractivity contribution in [1.29, 1.82) is 0 Å².